The van der Waals surface area contributed by atoms with E-state index in [-0.39, 0.29) is 0 Å². The van der Waals surface area contributed by atoms with Gasteiger partial charge in [-0.15, -0.1) is 0 Å². The molecule has 4 heteroatoms. The summed E-state index contributed by atoms with van der Waals surface area (Å²) in [5, 5.41) is 4.87. The number of hydrazone groups is 1. The van der Waals surface area contributed by atoms with Crippen LogP contribution < -0.4 is 11.2 Å². The number of hydrogen-bond donors (Lipinski definition) is 2. The fourth-order valence-corrected chi connectivity index (χ4v) is 1.98. The normalized spacial score (nSPS) is 20.2. The SMILES string of the molecule is C=C1C[C@@H](C)C(c2ccc(N)c(Cl)c2)=NN1. The molecule has 0 aromatic heterocycles. The smallest absolute Gasteiger partial charge is 0.0711 e. The van der Waals surface area contributed by atoms with E-state index in [0.717, 1.165) is 23.4 Å². The monoisotopic (exact) mass is 235 g/mol. The van der Waals surface area contributed by atoms with Crippen molar-refractivity contribution in [1.82, 2.24) is 5.43 Å². The Morgan fingerprint density at radius 1 is 1.56 bits per heavy atom. The van der Waals surface area contributed by atoms with E-state index in [9.17, 15) is 0 Å². The molecule has 16 heavy (non-hydrogen) atoms. The van der Waals surface area contributed by atoms with Crippen LogP contribution in [0.2, 0.25) is 5.02 Å². The van der Waals surface area contributed by atoms with Crippen LogP contribution in [0.1, 0.15) is 18.9 Å². The lowest BCUT2D eigenvalue weighted by molar-refractivity contribution is 0.653. The van der Waals surface area contributed by atoms with Gasteiger partial charge in [-0.25, -0.2) is 0 Å². The number of nitrogen functional groups attached to an aromatic ring is 1. The Kier molecular flexibility index (Phi) is 2.88. The molecule has 0 spiro atoms. The molecule has 0 unspecified atom stereocenters. The molecule has 0 amide bonds. The Labute approximate surface area is 100.0 Å². The number of nitrogens with one attached hydrogen (secondary N) is 1. The van der Waals surface area contributed by atoms with Gasteiger partial charge in [0.25, 0.3) is 0 Å². The molecule has 84 valence electrons. The lowest BCUT2D eigenvalue weighted by Gasteiger charge is -2.22. The van der Waals surface area contributed by atoms with E-state index in [1.165, 1.54) is 0 Å². The van der Waals surface area contributed by atoms with Crippen LogP contribution in [0.4, 0.5) is 5.69 Å². The third-order valence-electron chi connectivity index (χ3n) is 2.65. The average Bonchev–Trinajstić information content (AvgIpc) is 2.22. The van der Waals surface area contributed by atoms with Gasteiger partial charge in [0.05, 0.1) is 16.4 Å². The Morgan fingerprint density at radius 3 is 2.94 bits per heavy atom. The zero-order valence-corrected chi connectivity index (χ0v) is 9.88. The summed E-state index contributed by atoms with van der Waals surface area (Å²) in [6, 6.07) is 5.59. The van der Waals surface area contributed by atoms with Crippen LogP contribution in [-0.2, 0) is 0 Å². The van der Waals surface area contributed by atoms with Crippen LogP contribution in [0.3, 0.4) is 0 Å². The first-order valence-corrected chi connectivity index (χ1v) is 5.52. The second-order valence-electron chi connectivity index (χ2n) is 4.05. The summed E-state index contributed by atoms with van der Waals surface area (Å²) in [6.45, 7) is 5.98. The van der Waals surface area contributed by atoms with E-state index in [1.807, 2.05) is 12.1 Å². The number of nitrogens with two attached hydrogens (primary N) is 1. The van der Waals surface area contributed by atoms with Crippen LogP contribution in [0.25, 0.3) is 0 Å². The number of hydrogen-bond acceptors (Lipinski definition) is 3. The summed E-state index contributed by atoms with van der Waals surface area (Å²) in [7, 11) is 0. The molecule has 1 atom stereocenters. The highest BCUT2D eigenvalue weighted by atomic mass is 35.5. The molecule has 1 heterocycles. The van der Waals surface area contributed by atoms with Gasteiger partial charge in [-0.1, -0.05) is 31.2 Å². The van der Waals surface area contributed by atoms with E-state index < -0.39 is 0 Å². The fourth-order valence-electron chi connectivity index (χ4n) is 1.80. The Balaban J connectivity index is 2.37. The van der Waals surface area contributed by atoms with E-state index in [4.69, 9.17) is 17.3 Å². The van der Waals surface area contributed by atoms with Crippen molar-refractivity contribution in [1.29, 1.82) is 0 Å². The molecular formula is C12H14ClN3. The van der Waals surface area contributed by atoms with Crippen LogP contribution in [0.15, 0.2) is 35.6 Å². The van der Waals surface area contributed by atoms with E-state index in [2.05, 4.69) is 24.0 Å². The largest absolute Gasteiger partial charge is 0.398 e. The Hall–Kier alpha value is -1.48. The minimum atomic E-state index is 0.341. The van der Waals surface area contributed by atoms with Gasteiger partial charge in [0, 0.05) is 11.6 Å². The Morgan fingerprint density at radius 2 is 2.31 bits per heavy atom. The van der Waals surface area contributed by atoms with Crippen molar-refractivity contribution >= 4 is 23.0 Å². The van der Waals surface area contributed by atoms with Crippen LogP contribution >= 0.6 is 11.6 Å². The highest BCUT2D eigenvalue weighted by molar-refractivity contribution is 6.33. The minimum Gasteiger partial charge on any atom is -0.398 e. The minimum absolute atomic E-state index is 0.341. The van der Waals surface area contributed by atoms with Gasteiger partial charge < -0.3 is 5.73 Å². The van der Waals surface area contributed by atoms with Crippen molar-refractivity contribution in [3.05, 3.63) is 41.1 Å². The summed E-state index contributed by atoms with van der Waals surface area (Å²) >= 11 is 5.99. The standard InChI is InChI=1S/C12H14ClN3/c1-7-5-8(2)15-16-12(7)9-3-4-11(14)10(13)6-9/h3-4,6-7,15H,2,5,14H2,1H3/t7-/m1/s1. The van der Waals surface area contributed by atoms with Crippen molar-refractivity contribution in [2.24, 2.45) is 11.0 Å². The van der Waals surface area contributed by atoms with Crippen molar-refractivity contribution in [2.45, 2.75) is 13.3 Å². The average molecular weight is 236 g/mol. The molecule has 1 aliphatic rings. The molecule has 1 aliphatic heterocycles. The molecule has 3 N–H and O–H groups in total. The van der Waals surface area contributed by atoms with Gasteiger partial charge in [0.15, 0.2) is 0 Å². The molecule has 1 aromatic carbocycles. The Bertz CT molecular complexity index is 465. The van der Waals surface area contributed by atoms with Gasteiger partial charge in [0.2, 0.25) is 0 Å². The number of benzene rings is 1. The molecule has 0 bridgehead atoms. The van der Waals surface area contributed by atoms with Crippen molar-refractivity contribution in [3.63, 3.8) is 0 Å². The second-order valence-corrected chi connectivity index (χ2v) is 4.46. The molecule has 0 saturated carbocycles. The summed E-state index contributed by atoms with van der Waals surface area (Å²) in [6.07, 6.45) is 0.890. The number of nitrogens with zero attached hydrogens (tertiary/aromatic N) is 1. The maximum atomic E-state index is 5.99. The predicted molar refractivity (Wildman–Crippen MR) is 68.5 cm³/mol. The van der Waals surface area contributed by atoms with E-state index >= 15 is 0 Å². The van der Waals surface area contributed by atoms with Gasteiger partial charge in [-0.05, 0) is 24.1 Å². The first kappa shape index (κ1) is 11.0. The summed E-state index contributed by atoms with van der Waals surface area (Å²) in [5.41, 5.74) is 12.1. The number of rotatable bonds is 1. The van der Waals surface area contributed by atoms with Crippen molar-refractivity contribution < 1.29 is 0 Å². The fraction of sp³-hybridized carbons (Fsp3) is 0.250. The summed E-state index contributed by atoms with van der Waals surface area (Å²) in [4.78, 5) is 0. The van der Waals surface area contributed by atoms with Crippen LogP contribution in [0, 0.1) is 5.92 Å². The van der Waals surface area contributed by atoms with Crippen LogP contribution in [-0.4, -0.2) is 5.71 Å². The highest BCUT2D eigenvalue weighted by Gasteiger charge is 2.19. The van der Waals surface area contributed by atoms with E-state index in [0.29, 0.717) is 16.6 Å². The van der Waals surface area contributed by atoms with Crippen molar-refractivity contribution in [3.8, 4) is 0 Å². The van der Waals surface area contributed by atoms with Crippen LogP contribution in [0.5, 0.6) is 0 Å². The number of allylic oxidation sites excluding steroid dienone is 1. The maximum Gasteiger partial charge on any atom is 0.0711 e. The third kappa shape index (κ3) is 2.04. The number of halogens is 1. The summed E-state index contributed by atoms with van der Waals surface area (Å²) < 4.78 is 0. The molecule has 0 saturated heterocycles. The topological polar surface area (TPSA) is 50.4 Å². The van der Waals surface area contributed by atoms with Gasteiger partial charge in [-0.3, -0.25) is 5.43 Å². The maximum absolute atomic E-state index is 5.99. The predicted octanol–water partition coefficient (Wildman–Crippen LogP) is 2.77. The molecular weight excluding hydrogens is 222 g/mol. The second kappa shape index (κ2) is 4.18. The lowest BCUT2D eigenvalue weighted by Crippen LogP contribution is -2.25. The number of anilines is 1. The van der Waals surface area contributed by atoms with Gasteiger partial charge in [0.1, 0.15) is 0 Å². The molecule has 0 aliphatic carbocycles. The zero-order valence-electron chi connectivity index (χ0n) is 9.13. The molecule has 0 radical (unpaired) electrons. The molecule has 0 fully saturated rings. The van der Waals surface area contributed by atoms with Gasteiger partial charge >= 0.3 is 0 Å². The lowest BCUT2D eigenvalue weighted by atomic mass is 9.93. The molecule has 2 rings (SSSR count). The first-order chi connectivity index (χ1) is 7.58. The third-order valence-corrected chi connectivity index (χ3v) is 2.98. The van der Waals surface area contributed by atoms with Crippen molar-refractivity contribution in [2.75, 3.05) is 5.73 Å². The first-order valence-electron chi connectivity index (χ1n) is 5.14. The zero-order chi connectivity index (χ0) is 11.7. The van der Waals surface area contributed by atoms with E-state index in [1.54, 1.807) is 6.07 Å². The highest BCUT2D eigenvalue weighted by Crippen LogP contribution is 2.24. The molecule has 1 aromatic rings. The quantitative estimate of drug-likeness (QED) is 0.736. The van der Waals surface area contributed by atoms with Gasteiger partial charge in [-0.2, -0.15) is 5.10 Å². The molecule has 3 nitrogen and oxygen atoms in total. The summed E-state index contributed by atoms with van der Waals surface area (Å²) in [5.74, 6) is 0.341.